The van der Waals surface area contributed by atoms with Crippen molar-refractivity contribution in [2.75, 3.05) is 0 Å². The summed E-state index contributed by atoms with van der Waals surface area (Å²) in [5.41, 5.74) is 6.98. The molecule has 1 aromatic rings. The number of nitrogens with zero attached hydrogens (tertiary/aromatic N) is 1. The third kappa shape index (κ3) is 1.82. The molecule has 78 valence electrons. The first-order chi connectivity index (χ1) is 6.81. The van der Waals surface area contributed by atoms with E-state index in [1.54, 1.807) is 0 Å². The minimum Gasteiger partial charge on any atom is -0.359 e. The van der Waals surface area contributed by atoms with Gasteiger partial charge in [0.15, 0.2) is 5.76 Å². The first-order valence-corrected chi connectivity index (χ1v) is 5.53. The summed E-state index contributed by atoms with van der Waals surface area (Å²) >= 11 is 0. The lowest BCUT2D eigenvalue weighted by Gasteiger charge is -2.02. The van der Waals surface area contributed by atoms with Crippen LogP contribution < -0.4 is 5.73 Å². The van der Waals surface area contributed by atoms with Crippen LogP contribution in [0.5, 0.6) is 0 Å². The highest BCUT2D eigenvalue weighted by Gasteiger charge is 2.21. The van der Waals surface area contributed by atoms with Gasteiger partial charge in [-0.05, 0) is 19.3 Å². The van der Waals surface area contributed by atoms with Crippen molar-refractivity contribution < 1.29 is 4.52 Å². The molecule has 0 radical (unpaired) electrons. The maximum Gasteiger partial charge on any atom is 0.153 e. The van der Waals surface area contributed by atoms with Crippen LogP contribution in [0, 0.1) is 0 Å². The smallest absolute Gasteiger partial charge is 0.153 e. The first-order valence-electron chi connectivity index (χ1n) is 5.53. The molecule has 14 heavy (non-hydrogen) atoms. The summed E-state index contributed by atoms with van der Waals surface area (Å²) in [4.78, 5) is 0. The molecule has 3 nitrogen and oxygen atoms in total. The molecule has 1 aliphatic rings. The zero-order chi connectivity index (χ0) is 9.97. The Balaban J connectivity index is 2.08. The van der Waals surface area contributed by atoms with Crippen molar-refractivity contribution in [1.82, 2.24) is 5.16 Å². The fraction of sp³-hybridized carbons (Fsp3) is 0.727. The number of nitrogens with two attached hydrogens (primary N) is 1. The molecular weight excluding hydrogens is 176 g/mol. The Morgan fingerprint density at radius 3 is 2.93 bits per heavy atom. The minimum atomic E-state index is 0.0117. The highest BCUT2D eigenvalue weighted by molar-refractivity contribution is 5.14. The maximum atomic E-state index is 5.87. The third-order valence-electron chi connectivity index (χ3n) is 3.13. The quantitative estimate of drug-likeness (QED) is 0.804. The van der Waals surface area contributed by atoms with Crippen LogP contribution in [0.2, 0.25) is 0 Å². The third-order valence-corrected chi connectivity index (χ3v) is 3.13. The van der Waals surface area contributed by atoms with Gasteiger partial charge in [-0.2, -0.15) is 0 Å². The van der Waals surface area contributed by atoms with E-state index in [0.717, 1.165) is 17.9 Å². The van der Waals surface area contributed by atoms with Crippen LogP contribution in [0.25, 0.3) is 0 Å². The Kier molecular flexibility index (Phi) is 2.87. The SMILES string of the molecule is CCC(N)c1cc(C2CCCC2)no1. The summed E-state index contributed by atoms with van der Waals surface area (Å²) < 4.78 is 5.25. The van der Waals surface area contributed by atoms with Gasteiger partial charge < -0.3 is 10.3 Å². The van der Waals surface area contributed by atoms with Gasteiger partial charge in [0.2, 0.25) is 0 Å². The van der Waals surface area contributed by atoms with Crippen molar-refractivity contribution in [2.24, 2.45) is 5.73 Å². The van der Waals surface area contributed by atoms with Crippen LogP contribution in [0.4, 0.5) is 0 Å². The molecule has 2 N–H and O–H groups in total. The molecule has 0 saturated heterocycles. The van der Waals surface area contributed by atoms with E-state index in [2.05, 4.69) is 12.1 Å². The van der Waals surface area contributed by atoms with Crippen LogP contribution in [0.1, 0.15) is 62.4 Å². The van der Waals surface area contributed by atoms with Gasteiger partial charge in [0.25, 0.3) is 0 Å². The predicted octanol–water partition coefficient (Wildman–Crippen LogP) is 2.74. The zero-order valence-electron chi connectivity index (χ0n) is 8.70. The van der Waals surface area contributed by atoms with Crippen molar-refractivity contribution in [3.63, 3.8) is 0 Å². The van der Waals surface area contributed by atoms with Crippen LogP contribution in [-0.2, 0) is 0 Å². The summed E-state index contributed by atoms with van der Waals surface area (Å²) in [5, 5.41) is 4.11. The van der Waals surface area contributed by atoms with Crippen molar-refractivity contribution in [3.05, 3.63) is 17.5 Å². The van der Waals surface area contributed by atoms with Crippen molar-refractivity contribution >= 4 is 0 Å². The number of rotatable bonds is 3. The van der Waals surface area contributed by atoms with Crippen LogP contribution in [-0.4, -0.2) is 5.16 Å². The largest absolute Gasteiger partial charge is 0.359 e. The molecule has 1 fully saturated rings. The molecule has 0 spiro atoms. The second-order valence-electron chi connectivity index (χ2n) is 4.15. The first kappa shape index (κ1) is 9.71. The zero-order valence-corrected chi connectivity index (χ0v) is 8.70. The summed E-state index contributed by atoms with van der Waals surface area (Å²) in [6.07, 6.45) is 6.07. The summed E-state index contributed by atoms with van der Waals surface area (Å²) in [6, 6.07) is 2.06. The highest BCUT2D eigenvalue weighted by Crippen LogP contribution is 2.34. The molecular formula is C11H18N2O. The minimum absolute atomic E-state index is 0.0117. The molecule has 0 aromatic carbocycles. The van der Waals surface area contributed by atoms with Gasteiger partial charge in [-0.15, -0.1) is 0 Å². The van der Waals surface area contributed by atoms with Crippen molar-refractivity contribution in [3.8, 4) is 0 Å². The lowest BCUT2D eigenvalue weighted by Crippen LogP contribution is -2.07. The van der Waals surface area contributed by atoms with Crippen molar-refractivity contribution in [1.29, 1.82) is 0 Å². The Bertz CT molecular complexity index is 289. The van der Waals surface area contributed by atoms with E-state index in [1.165, 1.54) is 25.7 Å². The molecule has 1 unspecified atom stereocenters. The Morgan fingerprint density at radius 1 is 1.57 bits per heavy atom. The fourth-order valence-corrected chi connectivity index (χ4v) is 2.09. The van der Waals surface area contributed by atoms with Gasteiger partial charge >= 0.3 is 0 Å². The lowest BCUT2D eigenvalue weighted by molar-refractivity contribution is 0.350. The fourth-order valence-electron chi connectivity index (χ4n) is 2.09. The summed E-state index contributed by atoms with van der Waals surface area (Å²) in [6.45, 7) is 2.06. The molecule has 1 atom stereocenters. The molecule has 3 heteroatoms. The van der Waals surface area contributed by atoms with Crippen molar-refractivity contribution in [2.45, 2.75) is 51.0 Å². The molecule has 1 aliphatic carbocycles. The van der Waals surface area contributed by atoms with E-state index >= 15 is 0 Å². The van der Waals surface area contributed by atoms with E-state index in [1.807, 2.05) is 6.07 Å². The van der Waals surface area contributed by atoms with Crippen LogP contribution in [0.15, 0.2) is 10.6 Å². The van der Waals surface area contributed by atoms with Gasteiger partial charge in [-0.3, -0.25) is 0 Å². The number of aromatic nitrogens is 1. The molecule has 1 saturated carbocycles. The van der Waals surface area contributed by atoms with Gasteiger partial charge in [-0.25, -0.2) is 0 Å². The highest BCUT2D eigenvalue weighted by atomic mass is 16.5. The van der Waals surface area contributed by atoms with E-state index < -0.39 is 0 Å². The molecule has 1 aromatic heterocycles. The summed E-state index contributed by atoms with van der Waals surface area (Å²) in [7, 11) is 0. The lowest BCUT2D eigenvalue weighted by atomic mass is 10.0. The number of hydrogen-bond acceptors (Lipinski definition) is 3. The van der Waals surface area contributed by atoms with Gasteiger partial charge in [0, 0.05) is 12.0 Å². The topological polar surface area (TPSA) is 52.0 Å². The van der Waals surface area contributed by atoms with Gasteiger partial charge in [0.1, 0.15) is 0 Å². The monoisotopic (exact) mass is 194 g/mol. The second-order valence-corrected chi connectivity index (χ2v) is 4.15. The van der Waals surface area contributed by atoms with Crippen LogP contribution in [0.3, 0.4) is 0 Å². The van der Waals surface area contributed by atoms with Gasteiger partial charge in [0.05, 0.1) is 11.7 Å². The average Bonchev–Trinajstić information content (AvgIpc) is 2.86. The standard InChI is InChI=1S/C11H18N2O/c1-2-9(12)11-7-10(13-14-11)8-5-3-4-6-8/h7-9H,2-6,12H2,1H3. The molecule has 2 rings (SSSR count). The predicted molar refractivity (Wildman–Crippen MR) is 54.9 cm³/mol. The summed E-state index contributed by atoms with van der Waals surface area (Å²) in [5.74, 6) is 1.46. The molecule has 0 bridgehead atoms. The Morgan fingerprint density at radius 2 is 2.29 bits per heavy atom. The number of hydrogen-bond donors (Lipinski definition) is 1. The normalized spacial score (nSPS) is 20.1. The molecule has 0 aliphatic heterocycles. The Hall–Kier alpha value is -0.830. The van der Waals surface area contributed by atoms with Crippen LogP contribution >= 0.6 is 0 Å². The average molecular weight is 194 g/mol. The molecule has 1 heterocycles. The van der Waals surface area contributed by atoms with E-state index in [9.17, 15) is 0 Å². The second kappa shape index (κ2) is 4.13. The van der Waals surface area contributed by atoms with Gasteiger partial charge in [-0.1, -0.05) is 24.9 Å². The van der Waals surface area contributed by atoms with E-state index in [-0.39, 0.29) is 6.04 Å². The van der Waals surface area contributed by atoms with E-state index in [4.69, 9.17) is 10.3 Å². The maximum absolute atomic E-state index is 5.87. The van der Waals surface area contributed by atoms with E-state index in [0.29, 0.717) is 5.92 Å². The Labute approximate surface area is 84.7 Å². The molecule has 0 amide bonds.